The molecule has 0 atom stereocenters. The van der Waals surface area contributed by atoms with Crippen molar-refractivity contribution < 1.29 is 27.9 Å². The molecule has 0 spiro atoms. The summed E-state index contributed by atoms with van der Waals surface area (Å²) in [5.74, 6) is -0.923. The van der Waals surface area contributed by atoms with Crippen molar-refractivity contribution in [2.45, 2.75) is 24.9 Å². The lowest BCUT2D eigenvalue weighted by Gasteiger charge is -2.32. The number of alkyl halides is 3. The highest BCUT2D eigenvalue weighted by atomic mass is 19.4. The summed E-state index contributed by atoms with van der Waals surface area (Å²) in [6, 6.07) is 18.1. The quantitative estimate of drug-likeness (QED) is 0.363. The zero-order chi connectivity index (χ0) is 27.6. The number of aromatic nitrogens is 3. The van der Waals surface area contributed by atoms with Gasteiger partial charge in [0.2, 0.25) is 0 Å². The van der Waals surface area contributed by atoms with Crippen LogP contribution in [0.5, 0.6) is 5.75 Å². The van der Waals surface area contributed by atoms with E-state index in [-0.39, 0.29) is 23.3 Å². The van der Waals surface area contributed by atoms with Gasteiger partial charge in [0.05, 0.1) is 17.4 Å². The van der Waals surface area contributed by atoms with Crippen LogP contribution in [0.2, 0.25) is 0 Å². The molecule has 0 unspecified atom stereocenters. The van der Waals surface area contributed by atoms with E-state index in [1.54, 1.807) is 47.4 Å². The summed E-state index contributed by atoms with van der Waals surface area (Å²) in [4.78, 5) is 31.2. The van der Waals surface area contributed by atoms with Crippen molar-refractivity contribution in [2.24, 2.45) is 0 Å². The van der Waals surface area contributed by atoms with Crippen LogP contribution in [-0.4, -0.2) is 49.7 Å². The lowest BCUT2D eigenvalue weighted by Crippen LogP contribution is -2.38. The summed E-state index contributed by atoms with van der Waals surface area (Å²) in [5, 5.41) is 15.5. The van der Waals surface area contributed by atoms with Gasteiger partial charge in [-0.3, -0.25) is 9.59 Å². The minimum Gasteiger partial charge on any atom is -0.506 e. The minimum absolute atomic E-state index is 0.00653. The molecule has 0 radical (unpaired) electrons. The van der Waals surface area contributed by atoms with Crippen LogP contribution >= 0.6 is 0 Å². The third-order valence-corrected chi connectivity index (χ3v) is 6.64. The Bertz CT molecular complexity index is 1460. The number of piperidine rings is 1. The Balaban J connectivity index is 1.23. The van der Waals surface area contributed by atoms with Crippen molar-refractivity contribution in [3.63, 3.8) is 0 Å². The molecule has 2 aromatic heterocycles. The van der Waals surface area contributed by atoms with Crippen LogP contribution in [0, 0.1) is 0 Å². The van der Waals surface area contributed by atoms with Gasteiger partial charge in [-0.2, -0.15) is 18.3 Å². The molecule has 2 amide bonds. The van der Waals surface area contributed by atoms with E-state index in [9.17, 15) is 27.9 Å². The number of likely N-dealkylation sites (tertiary alicyclic amines) is 1. The van der Waals surface area contributed by atoms with Gasteiger partial charge in [0.15, 0.2) is 5.69 Å². The van der Waals surface area contributed by atoms with Gasteiger partial charge >= 0.3 is 6.18 Å². The third-order valence-electron chi connectivity index (χ3n) is 6.64. The minimum atomic E-state index is -4.80. The normalized spacial score (nSPS) is 14.3. The van der Waals surface area contributed by atoms with Crippen molar-refractivity contribution in [3.8, 4) is 11.4 Å². The lowest BCUT2D eigenvalue weighted by atomic mass is 9.89. The summed E-state index contributed by atoms with van der Waals surface area (Å²) >= 11 is 0. The Morgan fingerprint density at radius 2 is 1.64 bits per heavy atom. The molecule has 39 heavy (non-hydrogen) atoms. The van der Waals surface area contributed by atoms with E-state index in [0.29, 0.717) is 24.5 Å². The SMILES string of the molecule is O=C(Nc1ccc(C2CCN(C(=O)c3ccc(O)cn3)CC2)cc1)c1cn(-c2ccccc2)nc1C(F)(F)F. The fourth-order valence-electron chi connectivity index (χ4n) is 4.59. The summed E-state index contributed by atoms with van der Waals surface area (Å²) in [5.41, 5.74) is 0.207. The molecular formula is C28H24F3N5O3. The average Bonchev–Trinajstić information content (AvgIpc) is 3.41. The van der Waals surface area contributed by atoms with Gasteiger partial charge < -0.3 is 15.3 Å². The number of hydrogen-bond acceptors (Lipinski definition) is 5. The summed E-state index contributed by atoms with van der Waals surface area (Å²) in [7, 11) is 0. The van der Waals surface area contributed by atoms with Gasteiger partial charge in [0, 0.05) is 25.0 Å². The van der Waals surface area contributed by atoms with Gasteiger partial charge in [-0.1, -0.05) is 30.3 Å². The summed E-state index contributed by atoms with van der Waals surface area (Å²) < 4.78 is 41.9. The van der Waals surface area contributed by atoms with E-state index in [4.69, 9.17) is 0 Å². The molecular weight excluding hydrogens is 511 g/mol. The first-order valence-electron chi connectivity index (χ1n) is 12.3. The average molecular weight is 536 g/mol. The number of benzene rings is 2. The fourth-order valence-corrected chi connectivity index (χ4v) is 4.59. The lowest BCUT2D eigenvalue weighted by molar-refractivity contribution is -0.141. The van der Waals surface area contributed by atoms with E-state index in [0.717, 1.165) is 29.3 Å². The van der Waals surface area contributed by atoms with E-state index in [1.807, 2.05) is 12.1 Å². The molecule has 3 heterocycles. The number of amides is 2. The monoisotopic (exact) mass is 535 g/mol. The second-order valence-electron chi connectivity index (χ2n) is 9.21. The summed E-state index contributed by atoms with van der Waals surface area (Å²) in [6.45, 7) is 1.08. The molecule has 11 heteroatoms. The Morgan fingerprint density at radius 1 is 0.949 bits per heavy atom. The molecule has 0 aliphatic carbocycles. The zero-order valence-corrected chi connectivity index (χ0v) is 20.6. The first kappa shape index (κ1) is 26.0. The predicted octanol–water partition coefficient (Wildman–Crippen LogP) is 5.26. The molecule has 0 bridgehead atoms. The van der Waals surface area contributed by atoms with Crippen LogP contribution in [0.25, 0.3) is 5.69 Å². The van der Waals surface area contributed by atoms with E-state index >= 15 is 0 Å². The van der Waals surface area contributed by atoms with Crippen LogP contribution in [0.15, 0.2) is 79.1 Å². The second kappa shape index (κ2) is 10.6. The van der Waals surface area contributed by atoms with Gasteiger partial charge in [0.1, 0.15) is 11.4 Å². The molecule has 1 saturated heterocycles. The van der Waals surface area contributed by atoms with Crippen LogP contribution in [0.1, 0.15) is 50.9 Å². The van der Waals surface area contributed by atoms with Crippen molar-refractivity contribution in [1.29, 1.82) is 0 Å². The van der Waals surface area contributed by atoms with Gasteiger partial charge in [-0.15, -0.1) is 0 Å². The Kier molecular flexibility index (Phi) is 7.05. The predicted molar refractivity (Wildman–Crippen MR) is 137 cm³/mol. The Morgan fingerprint density at radius 3 is 2.26 bits per heavy atom. The highest BCUT2D eigenvalue weighted by Crippen LogP contribution is 2.33. The maximum absolute atomic E-state index is 13.6. The van der Waals surface area contributed by atoms with Crippen molar-refractivity contribution in [1.82, 2.24) is 19.7 Å². The number of hydrogen-bond donors (Lipinski definition) is 2. The summed E-state index contributed by atoms with van der Waals surface area (Å²) in [6.07, 6.45) is -1.04. The number of rotatable bonds is 5. The topological polar surface area (TPSA) is 100 Å². The molecule has 8 nitrogen and oxygen atoms in total. The molecule has 200 valence electrons. The van der Waals surface area contributed by atoms with Crippen molar-refractivity contribution >= 4 is 17.5 Å². The fraction of sp³-hybridized carbons (Fsp3) is 0.214. The molecule has 2 N–H and O–H groups in total. The molecule has 1 aliphatic heterocycles. The third kappa shape index (κ3) is 5.77. The number of nitrogens with zero attached hydrogens (tertiary/aromatic N) is 4. The van der Waals surface area contributed by atoms with Gasteiger partial charge in [0.25, 0.3) is 11.8 Å². The highest BCUT2D eigenvalue weighted by Gasteiger charge is 2.39. The number of carbonyl (C=O) groups is 2. The highest BCUT2D eigenvalue weighted by molar-refractivity contribution is 6.05. The maximum atomic E-state index is 13.6. The first-order valence-corrected chi connectivity index (χ1v) is 12.3. The van der Waals surface area contributed by atoms with Crippen LogP contribution in [0.4, 0.5) is 18.9 Å². The number of halogens is 3. The molecule has 1 aliphatic rings. The number of para-hydroxylation sites is 1. The number of carbonyl (C=O) groups excluding carboxylic acids is 2. The standard InChI is InChI=1S/C28H24F3N5O3/c29-28(30,31)25-23(17-36(34-25)21-4-2-1-3-5-21)26(38)33-20-8-6-18(7-9-20)19-12-14-35(15-13-19)27(39)24-11-10-22(37)16-32-24/h1-11,16-17,19,37H,12-15H2,(H,33,38). The van der Waals surface area contributed by atoms with E-state index in [1.165, 1.54) is 18.3 Å². The number of anilines is 1. The molecule has 2 aromatic carbocycles. The second-order valence-corrected chi connectivity index (χ2v) is 9.21. The molecule has 4 aromatic rings. The first-order chi connectivity index (χ1) is 18.7. The molecule has 1 fully saturated rings. The van der Waals surface area contributed by atoms with Crippen LogP contribution in [-0.2, 0) is 6.18 Å². The molecule has 0 saturated carbocycles. The van der Waals surface area contributed by atoms with Crippen molar-refractivity contribution in [2.75, 3.05) is 18.4 Å². The van der Waals surface area contributed by atoms with E-state index < -0.39 is 23.3 Å². The van der Waals surface area contributed by atoms with Gasteiger partial charge in [-0.05, 0) is 60.7 Å². The van der Waals surface area contributed by atoms with Crippen LogP contribution in [0.3, 0.4) is 0 Å². The van der Waals surface area contributed by atoms with Gasteiger partial charge in [-0.25, -0.2) is 9.67 Å². The maximum Gasteiger partial charge on any atom is 0.435 e. The number of pyridine rings is 1. The van der Waals surface area contributed by atoms with Crippen molar-refractivity contribution in [3.05, 3.63) is 102 Å². The molecule has 5 rings (SSSR count). The zero-order valence-electron chi connectivity index (χ0n) is 20.6. The number of aromatic hydroxyl groups is 1. The van der Waals surface area contributed by atoms with E-state index in [2.05, 4.69) is 15.4 Å². The Labute approximate surface area is 221 Å². The number of nitrogens with one attached hydrogen (secondary N) is 1. The smallest absolute Gasteiger partial charge is 0.435 e. The Hall–Kier alpha value is -4.67. The van der Waals surface area contributed by atoms with Crippen LogP contribution < -0.4 is 5.32 Å². The largest absolute Gasteiger partial charge is 0.506 e.